The summed E-state index contributed by atoms with van der Waals surface area (Å²) in [6, 6.07) is 31.1. The predicted octanol–water partition coefficient (Wildman–Crippen LogP) is 4.08. The first-order valence-corrected chi connectivity index (χ1v) is 13.5. The first kappa shape index (κ1) is 31.3. The van der Waals surface area contributed by atoms with Gasteiger partial charge < -0.3 is 24.1 Å². The summed E-state index contributed by atoms with van der Waals surface area (Å²) in [5.74, 6) is -4.71. The Balaban J connectivity index is 1.73. The Kier molecular flexibility index (Phi) is 11.1. The zero-order chi connectivity index (χ0) is 31.3. The second kappa shape index (κ2) is 15.6. The molecule has 0 saturated heterocycles. The SMILES string of the molecule is O=C(OC[C@@H](OC(=O)c1ccccc1)[C@@H](OC(=O)c1ccccc1)[C@H](OC(=O)c1ccccc1)C(=O)CO)c1ccccc1. The summed E-state index contributed by atoms with van der Waals surface area (Å²) in [5, 5.41) is 9.82. The molecule has 0 saturated carbocycles. The monoisotopic (exact) mass is 596 g/mol. The summed E-state index contributed by atoms with van der Waals surface area (Å²) < 4.78 is 22.3. The van der Waals surface area contributed by atoms with Crippen molar-refractivity contribution in [3.05, 3.63) is 144 Å². The predicted molar refractivity (Wildman–Crippen MR) is 156 cm³/mol. The lowest BCUT2D eigenvalue weighted by molar-refractivity contribution is -0.145. The van der Waals surface area contributed by atoms with E-state index in [1.165, 1.54) is 48.5 Å². The Hall–Kier alpha value is -5.61. The van der Waals surface area contributed by atoms with Crippen LogP contribution in [-0.4, -0.2) is 66.3 Å². The largest absolute Gasteiger partial charge is 0.458 e. The van der Waals surface area contributed by atoms with Gasteiger partial charge in [-0.3, -0.25) is 4.79 Å². The molecule has 0 fully saturated rings. The Morgan fingerprint density at radius 2 is 0.864 bits per heavy atom. The van der Waals surface area contributed by atoms with Crippen LogP contribution in [0.4, 0.5) is 0 Å². The molecular formula is C34H28O10. The molecule has 0 aromatic heterocycles. The maximum atomic E-state index is 13.3. The molecule has 0 heterocycles. The number of Topliss-reactive ketones (excluding diaryl/α,β-unsaturated/α-hetero) is 1. The number of hydrogen-bond donors (Lipinski definition) is 1. The average molecular weight is 597 g/mol. The fourth-order valence-electron chi connectivity index (χ4n) is 4.05. The van der Waals surface area contributed by atoms with Crippen LogP contribution < -0.4 is 0 Å². The van der Waals surface area contributed by atoms with Crippen molar-refractivity contribution in [2.75, 3.05) is 13.2 Å². The number of rotatable bonds is 13. The Bertz CT molecular complexity index is 1560. The molecule has 10 nitrogen and oxygen atoms in total. The maximum Gasteiger partial charge on any atom is 0.338 e. The fraction of sp³-hybridized carbons (Fsp3) is 0.147. The third-order valence-corrected chi connectivity index (χ3v) is 6.29. The lowest BCUT2D eigenvalue weighted by Crippen LogP contribution is -2.51. The number of ether oxygens (including phenoxy) is 4. The van der Waals surface area contributed by atoms with Gasteiger partial charge in [-0.2, -0.15) is 0 Å². The van der Waals surface area contributed by atoms with Gasteiger partial charge in [0.15, 0.2) is 12.2 Å². The van der Waals surface area contributed by atoms with Crippen LogP contribution >= 0.6 is 0 Å². The van der Waals surface area contributed by atoms with Crippen LogP contribution in [0, 0.1) is 0 Å². The molecule has 0 aliphatic rings. The van der Waals surface area contributed by atoms with Gasteiger partial charge in [-0.15, -0.1) is 0 Å². The van der Waals surface area contributed by atoms with E-state index in [-0.39, 0.29) is 22.3 Å². The average Bonchev–Trinajstić information content (AvgIpc) is 3.09. The Morgan fingerprint density at radius 1 is 0.500 bits per heavy atom. The van der Waals surface area contributed by atoms with Gasteiger partial charge in [0.25, 0.3) is 0 Å². The van der Waals surface area contributed by atoms with E-state index in [1.54, 1.807) is 72.8 Å². The van der Waals surface area contributed by atoms with Crippen LogP contribution in [0.5, 0.6) is 0 Å². The number of aliphatic hydroxyl groups excluding tert-OH is 1. The van der Waals surface area contributed by atoms with Crippen LogP contribution in [0.25, 0.3) is 0 Å². The molecule has 0 radical (unpaired) electrons. The van der Waals surface area contributed by atoms with Crippen LogP contribution in [0.15, 0.2) is 121 Å². The summed E-state index contributed by atoms with van der Waals surface area (Å²) in [6.45, 7) is -1.83. The van der Waals surface area contributed by atoms with Gasteiger partial charge in [0.05, 0.1) is 22.3 Å². The number of carbonyl (C=O) groups excluding carboxylic acids is 5. The van der Waals surface area contributed by atoms with E-state index in [1.807, 2.05) is 0 Å². The van der Waals surface area contributed by atoms with Crippen molar-refractivity contribution in [3.8, 4) is 0 Å². The minimum absolute atomic E-state index is 0.0599. The van der Waals surface area contributed by atoms with Gasteiger partial charge in [-0.05, 0) is 48.5 Å². The lowest BCUT2D eigenvalue weighted by Gasteiger charge is -2.31. The van der Waals surface area contributed by atoms with E-state index in [0.717, 1.165) is 0 Å². The second-order valence-corrected chi connectivity index (χ2v) is 9.33. The second-order valence-electron chi connectivity index (χ2n) is 9.33. The van der Waals surface area contributed by atoms with E-state index in [2.05, 4.69) is 0 Å². The molecule has 0 amide bonds. The van der Waals surface area contributed by atoms with Crippen molar-refractivity contribution < 1.29 is 48.0 Å². The molecule has 0 aliphatic carbocycles. The molecule has 224 valence electrons. The fourth-order valence-corrected chi connectivity index (χ4v) is 4.05. The molecule has 0 unspecified atom stereocenters. The molecule has 44 heavy (non-hydrogen) atoms. The maximum absolute atomic E-state index is 13.3. The van der Waals surface area contributed by atoms with E-state index in [4.69, 9.17) is 18.9 Å². The summed E-state index contributed by atoms with van der Waals surface area (Å²) in [4.78, 5) is 65.4. The Labute approximate surface area is 252 Å². The quantitative estimate of drug-likeness (QED) is 0.177. The third kappa shape index (κ3) is 8.46. The number of carbonyl (C=O) groups is 5. The van der Waals surface area contributed by atoms with Crippen molar-refractivity contribution in [1.82, 2.24) is 0 Å². The van der Waals surface area contributed by atoms with Crippen molar-refractivity contribution >= 4 is 29.7 Å². The highest BCUT2D eigenvalue weighted by Crippen LogP contribution is 2.21. The normalized spacial score (nSPS) is 12.6. The van der Waals surface area contributed by atoms with Crippen molar-refractivity contribution in [1.29, 1.82) is 0 Å². The highest BCUT2D eigenvalue weighted by atomic mass is 16.6. The van der Waals surface area contributed by atoms with Gasteiger partial charge >= 0.3 is 23.9 Å². The van der Waals surface area contributed by atoms with Crippen LogP contribution in [0.3, 0.4) is 0 Å². The molecule has 1 N–H and O–H groups in total. The Morgan fingerprint density at radius 3 is 1.27 bits per heavy atom. The first-order chi connectivity index (χ1) is 21.4. The summed E-state index contributed by atoms with van der Waals surface area (Å²) in [7, 11) is 0. The van der Waals surface area contributed by atoms with Gasteiger partial charge in [-0.25, -0.2) is 19.2 Å². The number of esters is 4. The van der Waals surface area contributed by atoms with E-state index in [0.29, 0.717) is 0 Å². The van der Waals surface area contributed by atoms with Gasteiger partial charge in [0.1, 0.15) is 13.2 Å². The summed E-state index contributed by atoms with van der Waals surface area (Å²) >= 11 is 0. The number of benzene rings is 4. The van der Waals surface area contributed by atoms with Crippen LogP contribution in [0.2, 0.25) is 0 Å². The van der Waals surface area contributed by atoms with E-state index < -0.39 is 61.2 Å². The summed E-state index contributed by atoms with van der Waals surface area (Å²) in [6.07, 6.45) is -5.50. The molecule has 4 aromatic rings. The number of hydrogen-bond acceptors (Lipinski definition) is 10. The molecule has 3 atom stereocenters. The zero-order valence-corrected chi connectivity index (χ0v) is 23.3. The van der Waals surface area contributed by atoms with Gasteiger partial charge in [0, 0.05) is 0 Å². The molecular weight excluding hydrogens is 568 g/mol. The molecule has 0 aliphatic heterocycles. The number of ketones is 1. The minimum atomic E-state index is -1.97. The standard InChI is InChI=1S/C34H28O10/c35-21-27(36)29(43-33(39)25-17-9-3-10-18-25)30(44-34(40)26-19-11-4-12-20-26)28(42-32(38)24-15-7-2-8-16-24)22-41-31(37)23-13-5-1-6-14-23/h1-20,28-30,35H,21-22H2/t28-,29-,30-/m1/s1. The summed E-state index contributed by atoms with van der Waals surface area (Å²) in [5.41, 5.74) is 0.407. The van der Waals surface area contributed by atoms with Gasteiger partial charge in [0.2, 0.25) is 11.9 Å². The van der Waals surface area contributed by atoms with E-state index in [9.17, 15) is 29.1 Å². The highest BCUT2D eigenvalue weighted by Gasteiger charge is 2.43. The molecule has 0 bridgehead atoms. The minimum Gasteiger partial charge on any atom is -0.458 e. The number of aliphatic hydroxyl groups is 1. The van der Waals surface area contributed by atoms with Crippen LogP contribution in [-0.2, 0) is 23.7 Å². The first-order valence-electron chi connectivity index (χ1n) is 13.5. The van der Waals surface area contributed by atoms with Crippen molar-refractivity contribution in [3.63, 3.8) is 0 Å². The topological polar surface area (TPSA) is 142 Å². The van der Waals surface area contributed by atoms with Crippen molar-refractivity contribution in [2.24, 2.45) is 0 Å². The van der Waals surface area contributed by atoms with Crippen molar-refractivity contribution in [2.45, 2.75) is 18.3 Å². The highest BCUT2D eigenvalue weighted by molar-refractivity contribution is 5.95. The van der Waals surface area contributed by atoms with Gasteiger partial charge in [-0.1, -0.05) is 72.8 Å². The van der Waals surface area contributed by atoms with Crippen LogP contribution in [0.1, 0.15) is 41.4 Å². The third-order valence-electron chi connectivity index (χ3n) is 6.29. The van der Waals surface area contributed by atoms with E-state index >= 15 is 0 Å². The molecule has 0 spiro atoms. The lowest BCUT2D eigenvalue weighted by atomic mass is 10.0. The molecule has 4 aromatic carbocycles. The molecule has 10 heteroatoms. The zero-order valence-electron chi connectivity index (χ0n) is 23.3. The smallest absolute Gasteiger partial charge is 0.338 e. The molecule has 4 rings (SSSR count).